The molecule has 0 saturated heterocycles. The van der Waals surface area contributed by atoms with Gasteiger partial charge in [-0.25, -0.2) is 14.4 Å². The van der Waals surface area contributed by atoms with Crippen LogP contribution in [0.2, 0.25) is 0 Å². The summed E-state index contributed by atoms with van der Waals surface area (Å²) >= 11 is 0. The van der Waals surface area contributed by atoms with E-state index in [1.54, 1.807) is 18.2 Å². The van der Waals surface area contributed by atoms with Crippen LogP contribution >= 0.6 is 0 Å². The zero-order valence-electron chi connectivity index (χ0n) is 11.4. The predicted octanol–water partition coefficient (Wildman–Crippen LogP) is 1.84. The molecule has 0 saturated carbocycles. The second kappa shape index (κ2) is 5.64. The minimum atomic E-state index is -0.262. The Kier molecular flexibility index (Phi) is 3.93. The van der Waals surface area contributed by atoms with Crippen molar-refractivity contribution in [2.75, 3.05) is 11.9 Å². The second-order valence-corrected chi connectivity index (χ2v) is 4.59. The highest BCUT2D eigenvalue weighted by molar-refractivity contribution is 5.93. The van der Waals surface area contributed by atoms with Crippen LogP contribution in [-0.2, 0) is 6.54 Å². The Labute approximate surface area is 116 Å². The summed E-state index contributed by atoms with van der Waals surface area (Å²) in [7, 11) is 1.84. The maximum absolute atomic E-state index is 12.9. The molecule has 6 heteroatoms. The smallest absolute Gasteiger partial charge is 0.226 e. The highest BCUT2D eigenvalue weighted by Crippen LogP contribution is 2.12. The fourth-order valence-electron chi connectivity index (χ4n) is 1.80. The fourth-order valence-corrected chi connectivity index (χ4v) is 1.80. The van der Waals surface area contributed by atoms with Crippen molar-refractivity contribution in [3.8, 4) is 0 Å². The number of aromatic nitrogens is 2. The topological polar surface area (TPSA) is 78.9 Å². The molecule has 0 aliphatic rings. The quantitative estimate of drug-likeness (QED) is 0.658. The van der Waals surface area contributed by atoms with Gasteiger partial charge in [0.25, 0.3) is 0 Å². The minimum absolute atomic E-state index is 0.0908. The highest BCUT2D eigenvalue weighted by atomic mass is 19.1. The van der Waals surface area contributed by atoms with E-state index in [0.717, 1.165) is 11.3 Å². The maximum Gasteiger partial charge on any atom is 0.226 e. The van der Waals surface area contributed by atoms with Crippen molar-refractivity contribution in [3.63, 3.8) is 0 Å². The molecule has 2 aromatic rings. The molecule has 1 aromatic heterocycles. The number of halogens is 1. The molecule has 0 fully saturated rings. The van der Waals surface area contributed by atoms with E-state index in [1.807, 2.05) is 18.9 Å². The van der Waals surface area contributed by atoms with Gasteiger partial charge < -0.3 is 10.6 Å². The van der Waals surface area contributed by atoms with Crippen molar-refractivity contribution >= 4 is 11.8 Å². The Balaban J connectivity index is 2.22. The maximum atomic E-state index is 12.9. The molecule has 3 N–H and O–H groups in total. The molecular weight excluding hydrogens is 257 g/mol. The van der Waals surface area contributed by atoms with Crippen LogP contribution in [0.5, 0.6) is 0 Å². The van der Waals surface area contributed by atoms with E-state index in [0.29, 0.717) is 18.2 Å². The largest absolute Gasteiger partial charge is 0.382 e. The molecule has 20 heavy (non-hydrogen) atoms. The van der Waals surface area contributed by atoms with E-state index < -0.39 is 0 Å². The van der Waals surface area contributed by atoms with Gasteiger partial charge in [0.2, 0.25) is 5.95 Å². The van der Waals surface area contributed by atoms with Crippen LogP contribution in [0.15, 0.2) is 30.3 Å². The molecule has 1 heterocycles. The molecule has 0 spiro atoms. The number of benzene rings is 1. The van der Waals surface area contributed by atoms with Crippen LogP contribution in [0.3, 0.4) is 0 Å². The summed E-state index contributed by atoms with van der Waals surface area (Å²) < 4.78 is 12.9. The first-order chi connectivity index (χ1) is 9.45. The van der Waals surface area contributed by atoms with Crippen LogP contribution in [0.1, 0.15) is 17.0 Å². The number of amidine groups is 1. The van der Waals surface area contributed by atoms with E-state index in [4.69, 9.17) is 11.1 Å². The van der Waals surface area contributed by atoms with Crippen LogP contribution in [0, 0.1) is 18.2 Å². The standard InChI is InChI=1S/C14H16FN5/c1-9-7-12(13(16)17)19-14(18-9)20(2)8-10-3-5-11(15)6-4-10/h3-7H,8H2,1-2H3,(H3,16,17). The van der Waals surface area contributed by atoms with Crippen molar-refractivity contribution in [1.29, 1.82) is 5.41 Å². The van der Waals surface area contributed by atoms with Crippen LogP contribution in [0.25, 0.3) is 0 Å². The Morgan fingerprint density at radius 2 is 1.95 bits per heavy atom. The third-order valence-electron chi connectivity index (χ3n) is 2.79. The molecule has 0 unspecified atom stereocenters. The van der Waals surface area contributed by atoms with E-state index in [2.05, 4.69) is 9.97 Å². The molecule has 0 amide bonds. The average molecular weight is 273 g/mol. The normalized spacial score (nSPS) is 10.3. The van der Waals surface area contributed by atoms with Gasteiger partial charge in [0.1, 0.15) is 17.3 Å². The zero-order chi connectivity index (χ0) is 14.7. The summed E-state index contributed by atoms with van der Waals surface area (Å²) in [5, 5.41) is 7.44. The molecule has 5 nitrogen and oxygen atoms in total. The van der Waals surface area contributed by atoms with E-state index in [-0.39, 0.29) is 11.7 Å². The van der Waals surface area contributed by atoms with E-state index >= 15 is 0 Å². The van der Waals surface area contributed by atoms with Crippen molar-refractivity contribution in [2.24, 2.45) is 5.73 Å². The number of nitrogen functional groups attached to an aromatic ring is 1. The molecule has 0 radical (unpaired) electrons. The number of anilines is 1. The Morgan fingerprint density at radius 3 is 2.55 bits per heavy atom. The molecule has 0 atom stereocenters. The number of nitrogens with zero attached hydrogens (tertiary/aromatic N) is 3. The van der Waals surface area contributed by atoms with Gasteiger partial charge in [-0.2, -0.15) is 0 Å². The summed E-state index contributed by atoms with van der Waals surface area (Å²) in [6.07, 6.45) is 0. The molecule has 0 aliphatic carbocycles. The third kappa shape index (κ3) is 3.28. The molecule has 104 valence electrons. The third-order valence-corrected chi connectivity index (χ3v) is 2.79. The van der Waals surface area contributed by atoms with Gasteiger partial charge in [-0.05, 0) is 30.7 Å². The molecule has 0 aliphatic heterocycles. The lowest BCUT2D eigenvalue weighted by molar-refractivity contribution is 0.627. The first-order valence-corrected chi connectivity index (χ1v) is 6.11. The lowest BCUT2D eigenvalue weighted by Crippen LogP contribution is -2.22. The molecule has 0 bridgehead atoms. The van der Waals surface area contributed by atoms with Gasteiger partial charge in [0, 0.05) is 19.3 Å². The Morgan fingerprint density at radius 1 is 1.30 bits per heavy atom. The van der Waals surface area contributed by atoms with E-state index in [1.165, 1.54) is 12.1 Å². The average Bonchev–Trinajstić information content (AvgIpc) is 2.40. The summed E-state index contributed by atoms with van der Waals surface area (Å²) in [6.45, 7) is 2.37. The lowest BCUT2D eigenvalue weighted by Gasteiger charge is -2.18. The molecule has 2 rings (SSSR count). The van der Waals surface area contributed by atoms with Crippen molar-refractivity contribution in [1.82, 2.24) is 9.97 Å². The zero-order valence-corrected chi connectivity index (χ0v) is 11.4. The number of hydrogen-bond acceptors (Lipinski definition) is 4. The number of nitrogens with two attached hydrogens (primary N) is 1. The Hall–Kier alpha value is -2.50. The van der Waals surface area contributed by atoms with Crippen LogP contribution < -0.4 is 10.6 Å². The van der Waals surface area contributed by atoms with Crippen molar-refractivity contribution in [3.05, 3.63) is 53.1 Å². The first kappa shape index (κ1) is 13.9. The summed E-state index contributed by atoms with van der Waals surface area (Å²) in [4.78, 5) is 10.4. The van der Waals surface area contributed by atoms with Gasteiger partial charge >= 0.3 is 0 Å². The van der Waals surface area contributed by atoms with Crippen LogP contribution in [0.4, 0.5) is 10.3 Å². The van der Waals surface area contributed by atoms with Crippen molar-refractivity contribution < 1.29 is 4.39 Å². The van der Waals surface area contributed by atoms with Crippen LogP contribution in [-0.4, -0.2) is 22.9 Å². The van der Waals surface area contributed by atoms with E-state index in [9.17, 15) is 4.39 Å². The number of nitrogens with one attached hydrogen (secondary N) is 1. The van der Waals surface area contributed by atoms with Gasteiger partial charge in [-0.3, -0.25) is 5.41 Å². The van der Waals surface area contributed by atoms with Crippen molar-refractivity contribution in [2.45, 2.75) is 13.5 Å². The number of hydrogen-bond donors (Lipinski definition) is 2. The lowest BCUT2D eigenvalue weighted by atomic mass is 10.2. The predicted molar refractivity (Wildman–Crippen MR) is 76.3 cm³/mol. The number of aryl methyl sites for hydroxylation is 1. The monoisotopic (exact) mass is 273 g/mol. The SMILES string of the molecule is Cc1cc(C(=N)N)nc(N(C)Cc2ccc(F)cc2)n1. The summed E-state index contributed by atoms with van der Waals surface area (Å²) in [5.74, 6) is 0.133. The first-order valence-electron chi connectivity index (χ1n) is 6.11. The Bertz CT molecular complexity index is 624. The fraction of sp³-hybridized carbons (Fsp3) is 0.214. The van der Waals surface area contributed by atoms with Gasteiger partial charge in [-0.15, -0.1) is 0 Å². The highest BCUT2D eigenvalue weighted by Gasteiger charge is 2.09. The summed E-state index contributed by atoms with van der Waals surface area (Å²) in [5.41, 5.74) is 7.54. The summed E-state index contributed by atoms with van der Waals surface area (Å²) in [6, 6.07) is 7.93. The number of rotatable bonds is 4. The second-order valence-electron chi connectivity index (χ2n) is 4.59. The van der Waals surface area contributed by atoms with Gasteiger partial charge in [0.05, 0.1) is 0 Å². The molecule has 1 aromatic carbocycles. The van der Waals surface area contributed by atoms with Gasteiger partial charge in [0.15, 0.2) is 0 Å². The minimum Gasteiger partial charge on any atom is -0.382 e. The molecular formula is C14H16FN5. The van der Waals surface area contributed by atoms with Gasteiger partial charge in [-0.1, -0.05) is 12.1 Å².